The summed E-state index contributed by atoms with van der Waals surface area (Å²) in [5.41, 5.74) is 1.81. The van der Waals surface area contributed by atoms with Crippen LogP contribution >= 0.6 is 35.6 Å². The number of nitrogens with zero attached hydrogens (tertiary/aromatic N) is 1. The second-order valence-electron chi connectivity index (χ2n) is 7.18. The number of ether oxygens (including phenoxy) is 4. The number of carbonyl (C=O) groups excluding carboxylic acids is 1. The van der Waals surface area contributed by atoms with Crippen LogP contribution in [0.15, 0.2) is 47.9 Å². The van der Waals surface area contributed by atoms with E-state index in [0.29, 0.717) is 43.9 Å². The van der Waals surface area contributed by atoms with E-state index in [1.165, 1.54) is 16.7 Å². The maximum absolute atomic E-state index is 12.3. The van der Waals surface area contributed by atoms with E-state index in [1.54, 1.807) is 32.4 Å². The lowest BCUT2D eigenvalue weighted by Crippen LogP contribution is -2.22. The van der Waals surface area contributed by atoms with Gasteiger partial charge in [0.25, 0.3) is 5.91 Å². The van der Waals surface area contributed by atoms with Gasteiger partial charge in [0.15, 0.2) is 23.0 Å². The van der Waals surface area contributed by atoms with E-state index in [2.05, 4.69) is 6.58 Å². The van der Waals surface area contributed by atoms with Gasteiger partial charge < -0.3 is 18.9 Å². The number of thiocarbonyl (C=S) groups is 1. The molecule has 6 nitrogen and oxygen atoms in total. The Morgan fingerprint density at radius 3 is 2.53 bits per heavy atom. The first-order valence-corrected chi connectivity index (χ1v) is 12.2. The Balaban J connectivity index is 1.69. The maximum Gasteiger partial charge on any atom is 0.265 e. The zero-order valence-electron chi connectivity index (χ0n) is 19.3. The molecule has 34 heavy (non-hydrogen) atoms. The molecule has 1 heterocycles. The number of methoxy groups -OCH3 is 1. The minimum atomic E-state index is -0.144. The standard InChI is InChI=1S/C25H26ClNO5S2/c1-5-7-16-8-9-19(20(13-16)29-4)31-10-11-32-23-18(26)12-17(14-21(23)30-6-2)15-22-24(28)27(3)25(33)34-22/h5,8-9,12-15H,1,6-7,10-11H2,2-4H3. The first-order valence-electron chi connectivity index (χ1n) is 10.6. The summed E-state index contributed by atoms with van der Waals surface area (Å²) < 4.78 is 23.4. The smallest absolute Gasteiger partial charge is 0.265 e. The van der Waals surface area contributed by atoms with Crippen LogP contribution in [-0.4, -0.2) is 49.1 Å². The molecular formula is C25H26ClNO5S2. The van der Waals surface area contributed by atoms with Crippen LogP contribution in [0, 0.1) is 0 Å². The molecule has 1 fully saturated rings. The van der Waals surface area contributed by atoms with Gasteiger partial charge in [0.1, 0.15) is 17.5 Å². The van der Waals surface area contributed by atoms with Crippen molar-refractivity contribution in [2.75, 3.05) is 34.0 Å². The molecule has 9 heteroatoms. The summed E-state index contributed by atoms with van der Waals surface area (Å²) in [6, 6.07) is 9.27. The third kappa shape index (κ3) is 6.25. The van der Waals surface area contributed by atoms with Crippen LogP contribution in [0.4, 0.5) is 0 Å². The summed E-state index contributed by atoms with van der Waals surface area (Å²) in [5.74, 6) is 2.03. The van der Waals surface area contributed by atoms with Crippen molar-refractivity contribution < 1.29 is 23.7 Å². The van der Waals surface area contributed by atoms with E-state index in [-0.39, 0.29) is 19.1 Å². The summed E-state index contributed by atoms with van der Waals surface area (Å²) in [7, 11) is 3.26. The first-order chi connectivity index (χ1) is 16.4. The molecule has 0 radical (unpaired) electrons. The molecule has 0 N–H and O–H groups in total. The van der Waals surface area contributed by atoms with Gasteiger partial charge in [-0.2, -0.15) is 0 Å². The third-order valence-electron chi connectivity index (χ3n) is 4.81. The number of likely N-dealkylation sites (N-methyl/N-ethyl adjacent to an activating group) is 1. The van der Waals surface area contributed by atoms with Gasteiger partial charge in [-0.3, -0.25) is 9.69 Å². The topological polar surface area (TPSA) is 57.2 Å². The number of halogens is 1. The van der Waals surface area contributed by atoms with Crippen LogP contribution in [0.1, 0.15) is 18.1 Å². The largest absolute Gasteiger partial charge is 0.493 e. The van der Waals surface area contributed by atoms with Gasteiger partial charge in [-0.1, -0.05) is 47.7 Å². The van der Waals surface area contributed by atoms with Crippen molar-refractivity contribution in [3.8, 4) is 23.0 Å². The van der Waals surface area contributed by atoms with Crippen LogP contribution < -0.4 is 18.9 Å². The molecule has 0 atom stereocenters. The fraction of sp³-hybridized carbons (Fsp3) is 0.280. The number of rotatable bonds is 11. The van der Waals surface area contributed by atoms with Gasteiger partial charge >= 0.3 is 0 Å². The Labute approximate surface area is 214 Å². The third-order valence-corrected chi connectivity index (χ3v) is 6.58. The van der Waals surface area contributed by atoms with E-state index in [0.717, 1.165) is 17.5 Å². The Kier molecular flexibility index (Phi) is 9.27. The molecule has 1 amide bonds. The van der Waals surface area contributed by atoms with Crippen LogP contribution in [-0.2, 0) is 11.2 Å². The highest BCUT2D eigenvalue weighted by atomic mass is 35.5. The lowest BCUT2D eigenvalue weighted by molar-refractivity contribution is -0.121. The Hall–Kier alpha value is -2.68. The van der Waals surface area contributed by atoms with Gasteiger partial charge in [-0.15, -0.1) is 6.58 Å². The van der Waals surface area contributed by atoms with Gasteiger partial charge in [-0.05, 0) is 54.8 Å². The molecule has 180 valence electrons. The van der Waals surface area contributed by atoms with Crippen molar-refractivity contribution in [2.24, 2.45) is 0 Å². The SMILES string of the molecule is C=CCc1ccc(OCCOc2c(Cl)cc(C=C3SC(=S)N(C)C3=O)cc2OCC)c(OC)c1. The summed E-state index contributed by atoms with van der Waals surface area (Å²) in [6.45, 7) is 6.58. The highest BCUT2D eigenvalue weighted by molar-refractivity contribution is 8.26. The van der Waals surface area contributed by atoms with Gasteiger partial charge in [-0.25, -0.2) is 0 Å². The Morgan fingerprint density at radius 2 is 1.88 bits per heavy atom. The minimum Gasteiger partial charge on any atom is -0.493 e. The summed E-state index contributed by atoms with van der Waals surface area (Å²) in [5, 5.41) is 0.371. The molecule has 2 aromatic rings. The average molecular weight is 520 g/mol. The van der Waals surface area contributed by atoms with E-state index >= 15 is 0 Å². The number of benzene rings is 2. The van der Waals surface area contributed by atoms with Crippen molar-refractivity contribution in [3.05, 3.63) is 64.0 Å². The Morgan fingerprint density at radius 1 is 1.12 bits per heavy atom. The summed E-state index contributed by atoms with van der Waals surface area (Å²) in [6.07, 6.45) is 4.33. The monoisotopic (exact) mass is 519 g/mol. The second-order valence-corrected chi connectivity index (χ2v) is 9.26. The van der Waals surface area contributed by atoms with Gasteiger partial charge in [0.05, 0.1) is 23.6 Å². The molecule has 0 unspecified atom stereocenters. The lowest BCUT2D eigenvalue weighted by atomic mass is 10.1. The van der Waals surface area contributed by atoms with Crippen molar-refractivity contribution in [3.63, 3.8) is 0 Å². The van der Waals surface area contributed by atoms with Crippen molar-refractivity contribution in [1.29, 1.82) is 0 Å². The summed E-state index contributed by atoms with van der Waals surface area (Å²) in [4.78, 5) is 14.3. The Bertz CT molecular complexity index is 1120. The molecular weight excluding hydrogens is 494 g/mol. The number of carbonyl (C=O) groups is 1. The predicted molar refractivity (Wildman–Crippen MR) is 141 cm³/mol. The summed E-state index contributed by atoms with van der Waals surface area (Å²) >= 11 is 12.9. The molecule has 2 aromatic carbocycles. The molecule has 0 saturated carbocycles. The number of thioether (sulfide) groups is 1. The van der Waals surface area contributed by atoms with Crippen molar-refractivity contribution in [1.82, 2.24) is 4.90 Å². The lowest BCUT2D eigenvalue weighted by Gasteiger charge is -2.16. The van der Waals surface area contributed by atoms with Crippen molar-refractivity contribution >= 4 is 51.9 Å². The predicted octanol–water partition coefficient (Wildman–Crippen LogP) is 5.76. The number of hydrogen-bond acceptors (Lipinski definition) is 7. The molecule has 0 spiro atoms. The second kappa shape index (κ2) is 12.1. The van der Waals surface area contributed by atoms with Crippen LogP contribution in [0.5, 0.6) is 23.0 Å². The number of hydrogen-bond donors (Lipinski definition) is 0. The molecule has 0 bridgehead atoms. The molecule has 1 saturated heterocycles. The van der Waals surface area contributed by atoms with Gasteiger partial charge in [0, 0.05) is 7.05 Å². The fourth-order valence-corrected chi connectivity index (χ4v) is 4.64. The van der Waals surface area contributed by atoms with Crippen molar-refractivity contribution in [2.45, 2.75) is 13.3 Å². The first kappa shape index (κ1) is 25.9. The molecule has 0 aromatic heterocycles. The van der Waals surface area contributed by atoms with Crippen LogP contribution in [0.3, 0.4) is 0 Å². The quantitative estimate of drug-likeness (QED) is 0.162. The van der Waals surface area contributed by atoms with Crippen LogP contribution in [0.25, 0.3) is 6.08 Å². The van der Waals surface area contributed by atoms with Crippen LogP contribution in [0.2, 0.25) is 5.02 Å². The number of allylic oxidation sites excluding steroid dienone is 1. The van der Waals surface area contributed by atoms with E-state index < -0.39 is 0 Å². The molecule has 3 rings (SSSR count). The molecule has 1 aliphatic rings. The highest BCUT2D eigenvalue weighted by Crippen LogP contribution is 2.39. The van der Waals surface area contributed by atoms with E-state index in [9.17, 15) is 4.79 Å². The normalized spacial score (nSPS) is 14.5. The minimum absolute atomic E-state index is 0.144. The molecule has 0 aliphatic carbocycles. The maximum atomic E-state index is 12.3. The molecule has 1 aliphatic heterocycles. The van der Waals surface area contributed by atoms with E-state index in [4.69, 9.17) is 42.8 Å². The zero-order valence-corrected chi connectivity index (χ0v) is 21.6. The average Bonchev–Trinajstić information content (AvgIpc) is 3.05. The zero-order chi connectivity index (χ0) is 24.7. The number of amides is 1. The van der Waals surface area contributed by atoms with Gasteiger partial charge in [0.2, 0.25) is 0 Å². The van der Waals surface area contributed by atoms with E-state index in [1.807, 2.05) is 31.2 Å². The highest BCUT2D eigenvalue weighted by Gasteiger charge is 2.28. The fourth-order valence-electron chi connectivity index (χ4n) is 3.19.